The molecule has 2 aromatic carbocycles. The van der Waals surface area contributed by atoms with Crippen molar-refractivity contribution in [3.8, 4) is 5.75 Å². The van der Waals surface area contributed by atoms with Gasteiger partial charge in [0.1, 0.15) is 5.75 Å². The van der Waals surface area contributed by atoms with Crippen molar-refractivity contribution in [1.82, 2.24) is 15.1 Å². The minimum absolute atomic E-state index is 0.0491. The van der Waals surface area contributed by atoms with Crippen molar-refractivity contribution in [2.75, 3.05) is 26.7 Å². The number of non-ortho nitro benzene ring substituents is 1. The molecule has 1 aliphatic heterocycles. The summed E-state index contributed by atoms with van der Waals surface area (Å²) in [7, 11) is 1.70. The first kappa shape index (κ1) is 30.1. The number of amides is 3. The molecule has 1 N–H and O–H groups in total. The van der Waals surface area contributed by atoms with Gasteiger partial charge < -0.3 is 24.6 Å². The van der Waals surface area contributed by atoms with Gasteiger partial charge in [0.2, 0.25) is 5.91 Å². The second-order valence-corrected chi connectivity index (χ2v) is 9.80. The molecule has 0 aromatic heterocycles. The van der Waals surface area contributed by atoms with Gasteiger partial charge in [-0.3, -0.25) is 14.9 Å². The molecule has 214 valence electrons. The molecule has 2 aromatic rings. The number of carbonyl (C=O) groups is 3. The van der Waals surface area contributed by atoms with E-state index < -0.39 is 29.1 Å². The lowest BCUT2D eigenvalue weighted by Gasteiger charge is -2.38. The summed E-state index contributed by atoms with van der Waals surface area (Å²) in [5, 5.41) is 14.2. The van der Waals surface area contributed by atoms with Crippen LogP contribution in [-0.4, -0.2) is 65.5 Å². The molecule has 0 aliphatic carbocycles. The molecule has 0 fully saturated rings. The molecule has 0 radical (unpaired) electrons. The average Bonchev–Trinajstić information content (AvgIpc) is 2.91. The summed E-state index contributed by atoms with van der Waals surface area (Å²) in [6.45, 7) is 6.03. The van der Waals surface area contributed by atoms with Gasteiger partial charge in [0.25, 0.3) is 5.69 Å². The fourth-order valence-electron chi connectivity index (χ4n) is 4.43. The number of nitrogens with one attached hydrogen (secondary N) is 1. The number of nitrogens with zero attached hydrogens (tertiary/aromatic N) is 3. The highest BCUT2D eigenvalue weighted by atomic mass is 16.6. The molecule has 0 bridgehead atoms. The van der Waals surface area contributed by atoms with Crippen LogP contribution in [0.2, 0.25) is 0 Å². The topological polar surface area (TPSA) is 131 Å². The molecule has 0 spiro atoms. The van der Waals surface area contributed by atoms with Gasteiger partial charge in [-0.15, -0.1) is 0 Å². The van der Waals surface area contributed by atoms with Crippen molar-refractivity contribution in [2.24, 2.45) is 0 Å². The van der Waals surface area contributed by atoms with Crippen LogP contribution in [0.1, 0.15) is 51.6 Å². The third-order valence-electron chi connectivity index (χ3n) is 6.37. The number of para-hydroxylation sites is 1. The van der Waals surface area contributed by atoms with Crippen molar-refractivity contribution in [2.45, 2.75) is 52.2 Å². The van der Waals surface area contributed by atoms with E-state index in [1.807, 2.05) is 30.3 Å². The maximum atomic E-state index is 13.1. The van der Waals surface area contributed by atoms with E-state index in [0.717, 1.165) is 5.75 Å². The Labute approximate surface area is 233 Å². The minimum Gasteiger partial charge on any atom is -0.494 e. The van der Waals surface area contributed by atoms with Crippen molar-refractivity contribution >= 4 is 23.6 Å². The van der Waals surface area contributed by atoms with E-state index >= 15 is 0 Å². The third kappa shape index (κ3) is 8.05. The van der Waals surface area contributed by atoms with Crippen molar-refractivity contribution in [3.63, 3.8) is 0 Å². The van der Waals surface area contributed by atoms with Crippen LogP contribution in [0.3, 0.4) is 0 Å². The molecule has 0 saturated carbocycles. The maximum absolute atomic E-state index is 13.1. The number of rotatable bonds is 13. The predicted octanol–water partition coefficient (Wildman–Crippen LogP) is 4.59. The van der Waals surface area contributed by atoms with Gasteiger partial charge in [0, 0.05) is 44.4 Å². The number of esters is 1. The summed E-state index contributed by atoms with van der Waals surface area (Å²) < 4.78 is 11.1. The Morgan fingerprint density at radius 1 is 1.12 bits per heavy atom. The van der Waals surface area contributed by atoms with Crippen LogP contribution in [0.5, 0.6) is 5.75 Å². The molecule has 0 saturated heterocycles. The Morgan fingerprint density at radius 2 is 1.85 bits per heavy atom. The highest BCUT2D eigenvalue weighted by molar-refractivity contribution is 5.95. The van der Waals surface area contributed by atoms with Crippen LogP contribution in [0.15, 0.2) is 65.9 Å². The predicted molar refractivity (Wildman–Crippen MR) is 148 cm³/mol. The van der Waals surface area contributed by atoms with Gasteiger partial charge >= 0.3 is 12.0 Å². The normalized spacial score (nSPS) is 15.1. The van der Waals surface area contributed by atoms with Gasteiger partial charge in [-0.2, -0.15) is 0 Å². The summed E-state index contributed by atoms with van der Waals surface area (Å²) in [6.07, 6.45) is 0.902. The molecule has 1 atom stereocenters. The van der Waals surface area contributed by atoms with Crippen LogP contribution in [-0.2, 0) is 14.3 Å². The lowest BCUT2D eigenvalue weighted by Crippen LogP contribution is -2.49. The van der Waals surface area contributed by atoms with Gasteiger partial charge in [-0.1, -0.05) is 30.3 Å². The minimum atomic E-state index is -0.893. The molecule has 1 heterocycles. The van der Waals surface area contributed by atoms with Crippen LogP contribution in [0.25, 0.3) is 0 Å². The van der Waals surface area contributed by atoms with Gasteiger partial charge in [-0.25, -0.2) is 9.59 Å². The fourth-order valence-corrected chi connectivity index (χ4v) is 4.43. The lowest BCUT2D eigenvalue weighted by atomic mass is 9.93. The molecule has 40 heavy (non-hydrogen) atoms. The van der Waals surface area contributed by atoms with Gasteiger partial charge in [0.15, 0.2) is 0 Å². The summed E-state index contributed by atoms with van der Waals surface area (Å²) >= 11 is 0. The highest BCUT2D eigenvalue weighted by Crippen LogP contribution is 2.36. The van der Waals surface area contributed by atoms with E-state index in [9.17, 15) is 24.5 Å². The highest BCUT2D eigenvalue weighted by Gasteiger charge is 2.39. The van der Waals surface area contributed by atoms with Crippen molar-refractivity contribution in [3.05, 3.63) is 81.5 Å². The molecule has 11 heteroatoms. The fraction of sp³-hybridized carbons (Fsp3) is 0.414. The number of allylic oxidation sites excluding steroid dienone is 1. The van der Waals surface area contributed by atoms with Crippen LogP contribution >= 0.6 is 0 Å². The molecule has 3 rings (SSSR count). The zero-order valence-corrected chi connectivity index (χ0v) is 23.3. The first-order valence-corrected chi connectivity index (χ1v) is 13.2. The zero-order valence-electron chi connectivity index (χ0n) is 23.3. The summed E-state index contributed by atoms with van der Waals surface area (Å²) in [5.74, 6) is 0.0910. The lowest BCUT2D eigenvalue weighted by molar-refractivity contribution is -0.384. The van der Waals surface area contributed by atoms with Crippen LogP contribution in [0.4, 0.5) is 10.5 Å². The standard InChI is InChI=1S/C29H36N4O7/c1-20(2)40-28(35)26-21(3)30-29(36)32(27(26)22-11-8-12-23(19-22)33(37)38)17-10-16-31(4)25(34)15-9-18-39-24-13-6-5-7-14-24/h5-8,11-14,19-20,27H,9-10,15-18H2,1-4H3,(H,30,36). The number of carbonyl (C=O) groups excluding carboxylic acids is 3. The average molecular weight is 553 g/mol. The summed E-state index contributed by atoms with van der Waals surface area (Å²) in [5.41, 5.74) is 0.797. The van der Waals surface area contributed by atoms with Gasteiger partial charge in [-0.05, 0) is 51.3 Å². The quantitative estimate of drug-likeness (QED) is 0.166. The number of hydrogen-bond acceptors (Lipinski definition) is 7. The number of nitro benzene ring substituents is 1. The Morgan fingerprint density at radius 3 is 2.52 bits per heavy atom. The van der Waals surface area contributed by atoms with E-state index in [4.69, 9.17) is 9.47 Å². The SMILES string of the molecule is CC1=C(C(=O)OC(C)C)C(c2cccc([N+](=O)[O-])c2)N(CCCN(C)C(=O)CCCOc2ccccc2)C(=O)N1. The number of ether oxygens (including phenoxy) is 2. The van der Waals surface area contributed by atoms with Crippen LogP contribution in [0, 0.1) is 10.1 Å². The molecular formula is C29H36N4O7. The van der Waals surface area contributed by atoms with E-state index in [-0.39, 0.29) is 23.7 Å². The van der Waals surface area contributed by atoms with E-state index in [0.29, 0.717) is 43.7 Å². The number of urea groups is 1. The zero-order chi connectivity index (χ0) is 29.2. The molecular weight excluding hydrogens is 516 g/mol. The Balaban J connectivity index is 1.68. The summed E-state index contributed by atoms with van der Waals surface area (Å²) in [6, 6.07) is 13.9. The maximum Gasteiger partial charge on any atom is 0.338 e. The largest absolute Gasteiger partial charge is 0.494 e. The number of benzene rings is 2. The Bertz CT molecular complexity index is 1250. The van der Waals surface area contributed by atoms with Crippen molar-refractivity contribution < 1.29 is 28.8 Å². The molecule has 1 aliphatic rings. The number of hydrogen-bond donors (Lipinski definition) is 1. The smallest absolute Gasteiger partial charge is 0.338 e. The monoisotopic (exact) mass is 552 g/mol. The molecule has 3 amide bonds. The second kappa shape index (κ2) is 14.1. The molecule has 11 nitrogen and oxygen atoms in total. The first-order chi connectivity index (χ1) is 19.1. The van der Waals surface area contributed by atoms with Crippen molar-refractivity contribution in [1.29, 1.82) is 0 Å². The van der Waals surface area contributed by atoms with E-state index in [2.05, 4.69) is 5.32 Å². The molecule has 1 unspecified atom stereocenters. The Hall–Kier alpha value is -4.41. The van der Waals surface area contributed by atoms with Gasteiger partial charge in [0.05, 0.1) is 29.2 Å². The Kier molecular flexibility index (Phi) is 10.6. The van der Waals surface area contributed by atoms with Crippen LogP contribution < -0.4 is 10.1 Å². The van der Waals surface area contributed by atoms with E-state index in [1.54, 1.807) is 38.8 Å². The first-order valence-electron chi connectivity index (χ1n) is 13.2. The summed E-state index contributed by atoms with van der Waals surface area (Å²) in [4.78, 5) is 52.8. The third-order valence-corrected chi connectivity index (χ3v) is 6.37. The second-order valence-electron chi connectivity index (χ2n) is 9.80. The van der Waals surface area contributed by atoms with E-state index in [1.165, 1.54) is 23.1 Å². The number of nitro groups is 1.